The SMILES string of the molecule is CN1CCN(c2nccc3[nH]c(-c4cc(-c5cncc(CN6CCCCC6)c5)[nH]n4)cc23)CC1. The number of piperazine rings is 1. The highest BCUT2D eigenvalue weighted by Crippen LogP contribution is 2.31. The first-order valence-electron chi connectivity index (χ1n) is 12.4. The van der Waals surface area contributed by atoms with E-state index in [2.05, 4.69) is 60.1 Å². The zero-order valence-electron chi connectivity index (χ0n) is 19.8. The summed E-state index contributed by atoms with van der Waals surface area (Å²) in [5.74, 6) is 1.05. The Bertz CT molecular complexity index is 1260. The van der Waals surface area contributed by atoms with Crippen molar-refractivity contribution in [2.75, 3.05) is 51.2 Å². The third-order valence-corrected chi connectivity index (χ3v) is 7.14. The van der Waals surface area contributed by atoms with E-state index in [-0.39, 0.29) is 0 Å². The lowest BCUT2D eigenvalue weighted by Crippen LogP contribution is -2.44. The summed E-state index contributed by atoms with van der Waals surface area (Å²) >= 11 is 0. The minimum absolute atomic E-state index is 0.900. The van der Waals surface area contributed by atoms with Crippen LogP contribution >= 0.6 is 0 Å². The molecule has 34 heavy (non-hydrogen) atoms. The fraction of sp³-hybridized carbons (Fsp3) is 0.423. The van der Waals surface area contributed by atoms with Gasteiger partial charge in [0.25, 0.3) is 0 Å². The van der Waals surface area contributed by atoms with Gasteiger partial charge in [-0.25, -0.2) is 4.98 Å². The molecule has 8 nitrogen and oxygen atoms in total. The molecule has 0 aromatic carbocycles. The van der Waals surface area contributed by atoms with Gasteiger partial charge in [-0.2, -0.15) is 5.10 Å². The fourth-order valence-corrected chi connectivity index (χ4v) is 5.15. The fourth-order valence-electron chi connectivity index (χ4n) is 5.15. The van der Waals surface area contributed by atoms with Crippen LogP contribution in [0.2, 0.25) is 0 Å². The Hall–Kier alpha value is -3.23. The molecular formula is C26H32N8. The van der Waals surface area contributed by atoms with Crippen LogP contribution in [0, 0.1) is 0 Å². The largest absolute Gasteiger partial charge is 0.353 e. The van der Waals surface area contributed by atoms with Gasteiger partial charge in [0.2, 0.25) is 0 Å². The topological polar surface area (TPSA) is 80.0 Å². The van der Waals surface area contributed by atoms with Gasteiger partial charge >= 0.3 is 0 Å². The van der Waals surface area contributed by atoms with Crippen LogP contribution in [-0.4, -0.2) is 81.3 Å². The number of aromatic amines is 2. The molecule has 0 unspecified atom stereocenters. The van der Waals surface area contributed by atoms with E-state index in [1.54, 1.807) is 0 Å². The number of hydrogen-bond acceptors (Lipinski definition) is 6. The summed E-state index contributed by atoms with van der Waals surface area (Å²) < 4.78 is 0. The molecule has 2 N–H and O–H groups in total. The molecule has 176 valence electrons. The Morgan fingerprint density at radius 3 is 2.62 bits per heavy atom. The van der Waals surface area contributed by atoms with Gasteiger partial charge < -0.3 is 14.8 Å². The van der Waals surface area contributed by atoms with Gasteiger partial charge in [-0.1, -0.05) is 6.42 Å². The zero-order chi connectivity index (χ0) is 22.9. The van der Waals surface area contributed by atoms with Crippen molar-refractivity contribution in [2.45, 2.75) is 25.8 Å². The van der Waals surface area contributed by atoms with Crippen molar-refractivity contribution < 1.29 is 0 Å². The van der Waals surface area contributed by atoms with Crippen molar-refractivity contribution in [3.8, 4) is 22.6 Å². The van der Waals surface area contributed by atoms with Gasteiger partial charge in [0.05, 0.1) is 16.9 Å². The third kappa shape index (κ3) is 4.31. The molecule has 2 aliphatic heterocycles. The summed E-state index contributed by atoms with van der Waals surface area (Å²) in [4.78, 5) is 20.1. The highest BCUT2D eigenvalue weighted by Gasteiger charge is 2.19. The van der Waals surface area contributed by atoms with Crippen molar-refractivity contribution >= 4 is 16.7 Å². The standard InChI is InChI=1S/C26H32N8/c1-32-9-11-34(12-10-32)26-21-14-24(29-22(21)5-6-28-26)25-15-23(30-31-25)20-13-19(16-27-17-20)18-33-7-3-2-4-8-33/h5-6,13-17,29H,2-4,7-12,18H2,1H3,(H,30,31). The van der Waals surface area contributed by atoms with Crippen LogP contribution < -0.4 is 4.90 Å². The molecule has 6 heterocycles. The van der Waals surface area contributed by atoms with Crippen LogP contribution in [0.4, 0.5) is 5.82 Å². The number of pyridine rings is 2. The van der Waals surface area contributed by atoms with Gasteiger partial charge in [-0.05, 0) is 62.8 Å². The van der Waals surface area contributed by atoms with Crippen LogP contribution in [0.25, 0.3) is 33.5 Å². The highest BCUT2D eigenvalue weighted by atomic mass is 15.3. The van der Waals surface area contributed by atoms with E-state index in [0.29, 0.717) is 0 Å². The van der Waals surface area contributed by atoms with Crippen LogP contribution in [-0.2, 0) is 6.54 Å². The van der Waals surface area contributed by atoms with Crippen molar-refractivity contribution in [2.24, 2.45) is 0 Å². The Morgan fingerprint density at radius 1 is 0.912 bits per heavy atom. The molecule has 0 radical (unpaired) electrons. The number of anilines is 1. The van der Waals surface area contributed by atoms with Crippen LogP contribution in [0.3, 0.4) is 0 Å². The lowest BCUT2D eigenvalue weighted by Gasteiger charge is -2.33. The normalized spacial score (nSPS) is 18.1. The summed E-state index contributed by atoms with van der Waals surface area (Å²) in [7, 11) is 2.17. The van der Waals surface area contributed by atoms with Crippen LogP contribution in [0.5, 0.6) is 0 Å². The summed E-state index contributed by atoms with van der Waals surface area (Å²) in [6.07, 6.45) is 9.75. The van der Waals surface area contributed by atoms with E-state index in [1.165, 1.54) is 37.9 Å². The van der Waals surface area contributed by atoms with E-state index < -0.39 is 0 Å². The molecule has 6 rings (SSSR count). The molecule has 0 atom stereocenters. The van der Waals surface area contributed by atoms with Crippen molar-refractivity contribution in [3.63, 3.8) is 0 Å². The van der Waals surface area contributed by atoms with Crippen molar-refractivity contribution in [1.82, 2.24) is 34.9 Å². The molecule has 4 aromatic heterocycles. The van der Waals surface area contributed by atoms with E-state index in [4.69, 9.17) is 4.98 Å². The molecule has 0 saturated carbocycles. The van der Waals surface area contributed by atoms with E-state index >= 15 is 0 Å². The Kier molecular flexibility index (Phi) is 5.76. The lowest BCUT2D eigenvalue weighted by atomic mass is 10.1. The lowest BCUT2D eigenvalue weighted by molar-refractivity contribution is 0.220. The first kappa shape index (κ1) is 21.3. The van der Waals surface area contributed by atoms with Gasteiger partial charge in [0.1, 0.15) is 11.5 Å². The van der Waals surface area contributed by atoms with Crippen molar-refractivity contribution in [1.29, 1.82) is 0 Å². The number of nitrogens with zero attached hydrogens (tertiary/aromatic N) is 6. The maximum Gasteiger partial charge on any atom is 0.138 e. The number of H-pyrrole nitrogens is 2. The molecule has 0 bridgehead atoms. The minimum atomic E-state index is 0.900. The minimum Gasteiger partial charge on any atom is -0.353 e. The molecule has 0 aliphatic carbocycles. The summed E-state index contributed by atoms with van der Waals surface area (Å²) in [6.45, 7) is 7.44. The number of nitrogens with one attached hydrogen (secondary N) is 2. The summed E-state index contributed by atoms with van der Waals surface area (Å²) in [5.41, 5.74) is 6.30. The van der Waals surface area contributed by atoms with E-state index in [1.807, 2.05) is 24.7 Å². The monoisotopic (exact) mass is 456 g/mol. The Balaban J connectivity index is 1.25. The van der Waals surface area contributed by atoms with Gasteiger partial charge in [0.15, 0.2) is 0 Å². The number of hydrogen-bond donors (Lipinski definition) is 2. The Morgan fingerprint density at radius 2 is 1.76 bits per heavy atom. The molecule has 8 heteroatoms. The van der Waals surface area contributed by atoms with E-state index in [0.717, 1.165) is 72.1 Å². The Labute approximate surface area is 200 Å². The molecule has 2 aliphatic rings. The maximum absolute atomic E-state index is 4.72. The number of aromatic nitrogens is 5. The number of rotatable bonds is 5. The third-order valence-electron chi connectivity index (χ3n) is 7.14. The molecule has 2 saturated heterocycles. The van der Waals surface area contributed by atoms with Gasteiger partial charge in [-0.3, -0.25) is 15.0 Å². The predicted octanol–water partition coefficient (Wildman–Crippen LogP) is 3.75. The maximum atomic E-state index is 4.72. The number of piperidine rings is 1. The second-order valence-corrected chi connectivity index (χ2v) is 9.65. The number of likely N-dealkylation sites (N-methyl/N-ethyl adjacent to an activating group) is 1. The summed E-state index contributed by atoms with van der Waals surface area (Å²) in [5, 5.41) is 8.99. The number of fused-ring (bicyclic) bond motifs is 1. The first-order valence-corrected chi connectivity index (χ1v) is 12.4. The van der Waals surface area contributed by atoms with Gasteiger partial charge in [-0.15, -0.1) is 0 Å². The molecule has 0 spiro atoms. The summed E-state index contributed by atoms with van der Waals surface area (Å²) in [6, 6.07) is 8.57. The molecule has 4 aromatic rings. The van der Waals surface area contributed by atoms with Crippen LogP contribution in [0.15, 0.2) is 42.9 Å². The zero-order valence-corrected chi connectivity index (χ0v) is 19.8. The average molecular weight is 457 g/mol. The van der Waals surface area contributed by atoms with Crippen molar-refractivity contribution in [3.05, 3.63) is 48.4 Å². The second-order valence-electron chi connectivity index (χ2n) is 9.65. The quantitative estimate of drug-likeness (QED) is 0.476. The average Bonchev–Trinajstić information content (AvgIpc) is 3.53. The highest BCUT2D eigenvalue weighted by molar-refractivity contribution is 5.94. The molecule has 0 amide bonds. The first-order chi connectivity index (χ1) is 16.7. The predicted molar refractivity (Wildman–Crippen MR) is 136 cm³/mol. The smallest absolute Gasteiger partial charge is 0.138 e. The number of likely N-dealkylation sites (tertiary alicyclic amines) is 1. The second kappa shape index (κ2) is 9.19. The van der Waals surface area contributed by atoms with Gasteiger partial charge in [0, 0.05) is 62.3 Å². The molecular weight excluding hydrogens is 424 g/mol. The van der Waals surface area contributed by atoms with E-state index in [9.17, 15) is 0 Å². The van der Waals surface area contributed by atoms with Crippen LogP contribution in [0.1, 0.15) is 24.8 Å². The molecule has 2 fully saturated rings.